The van der Waals surface area contributed by atoms with Crippen molar-refractivity contribution >= 4 is 15.7 Å². The van der Waals surface area contributed by atoms with Gasteiger partial charge in [0.1, 0.15) is 11.5 Å². The van der Waals surface area contributed by atoms with E-state index in [1.54, 1.807) is 31.2 Å². The summed E-state index contributed by atoms with van der Waals surface area (Å²) in [5.74, 6) is 0.296. The van der Waals surface area contributed by atoms with Crippen molar-refractivity contribution in [2.45, 2.75) is 37.8 Å². The second-order valence-electron chi connectivity index (χ2n) is 6.23. The van der Waals surface area contributed by atoms with E-state index in [1.807, 2.05) is 0 Å². The summed E-state index contributed by atoms with van der Waals surface area (Å²) in [6, 6.07) is 9.85. The molecule has 24 heavy (non-hydrogen) atoms. The van der Waals surface area contributed by atoms with Crippen LogP contribution in [0.15, 0.2) is 45.7 Å². The lowest BCUT2D eigenvalue weighted by Crippen LogP contribution is -2.24. The Hall–Kier alpha value is -2.08. The molecular weight excluding hydrogens is 326 g/mol. The van der Waals surface area contributed by atoms with E-state index in [0.29, 0.717) is 18.0 Å². The van der Waals surface area contributed by atoms with E-state index in [9.17, 15) is 13.2 Å². The zero-order valence-electron chi connectivity index (χ0n) is 14.2. The Balaban J connectivity index is 2.06. The Morgan fingerprint density at radius 1 is 1.17 bits per heavy atom. The van der Waals surface area contributed by atoms with Crippen LogP contribution in [0.2, 0.25) is 0 Å². The molecule has 130 valence electrons. The summed E-state index contributed by atoms with van der Waals surface area (Å²) in [6.07, 6.45) is 0.876. The average Bonchev–Trinajstić information content (AvgIpc) is 2.94. The zero-order chi connectivity index (χ0) is 17.7. The maximum atomic E-state index is 12.5. The van der Waals surface area contributed by atoms with Gasteiger partial charge in [-0.05, 0) is 43.0 Å². The molecule has 1 heterocycles. The Labute approximate surface area is 143 Å². The molecule has 0 fully saturated rings. The molecule has 0 saturated heterocycles. The predicted molar refractivity (Wildman–Crippen MR) is 92.6 cm³/mol. The van der Waals surface area contributed by atoms with Crippen LogP contribution in [-0.4, -0.2) is 20.9 Å². The number of rotatable bonds is 7. The third-order valence-corrected chi connectivity index (χ3v) is 5.45. The molecule has 0 atom stereocenters. The average molecular weight is 349 g/mol. The number of furan rings is 1. The standard InChI is InChI=1S/C18H23NO4S/c1-13(2)10-11-19-18(20)16-9-8-15(23-16)12-24(21,22)17-7-5-4-6-14(17)3/h4-9,13H,10-12H2,1-3H3,(H,19,20). The van der Waals surface area contributed by atoms with Gasteiger partial charge in [-0.1, -0.05) is 32.0 Å². The van der Waals surface area contributed by atoms with Gasteiger partial charge in [-0.15, -0.1) is 0 Å². The summed E-state index contributed by atoms with van der Waals surface area (Å²) >= 11 is 0. The molecule has 2 aromatic rings. The number of amides is 1. The second-order valence-corrected chi connectivity index (χ2v) is 8.19. The number of carbonyl (C=O) groups excluding carboxylic acids is 1. The van der Waals surface area contributed by atoms with Crippen LogP contribution in [0.5, 0.6) is 0 Å². The summed E-state index contributed by atoms with van der Waals surface area (Å²) < 4.78 is 30.4. The van der Waals surface area contributed by atoms with Crippen LogP contribution in [0, 0.1) is 12.8 Å². The van der Waals surface area contributed by atoms with Crippen molar-refractivity contribution in [3.63, 3.8) is 0 Å². The lowest BCUT2D eigenvalue weighted by Gasteiger charge is -2.06. The lowest BCUT2D eigenvalue weighted by molar-refractivity contribution is 0.0923. The van der Waals surface area contributed by atoms with Crippen LogP contribution < -0.4 is 5.32 Å². The van der Waals surface area contributed by atoms with Gasteiger partial charge >= 0.3 is 0 Å². The highest BCUT2D eigenvalue weighted by Gasteiger charge is 2.20. The lowest BCUT2D eigenvalue weighted by atomic mass is 10.1. The molecule has 1 N–H and O–H groups in total. The van der Waals surface area contributed by atoms with Crippen LogP contribution in [0.25, 0.3) is 0 Å². The van der Waals surface area contributed by atoms with Crippen LogP contribution in [0.4, 0.5) is 0 Å². The minimum absolute atomic E-state index is 0.133. The number of hydrogen-bond donors (Lipinski definition) is 1. The van der Waals surface area contributed by atoms with E-state index in [1.165, 1.54) is 12.1 Å². The predicted octanol–water partition coefficient (Wildman–Crippen LogP) is 3.34. The van der Waals surface area contributed by atoms with E-state index in [-0.39, 0.29) is 28.1 Å². The third kappa shape index (κ3) is 4.71. The number of hydrogen-bond acceptors (Lipinski definition) is 4. The maximum Gasteiger partial charge on any atom is 0.286 e. The Kier molecular flexibility index (Phi) is 5.83. The fraction of sp³-hybridized carbons (Fsp3) is 0.389. The van der Waals surface area contributed by atoms with Gasteiger partial charge in [0.25, 0.3) is 5.91 Å². The van der Waals surface area contributed by atoms with Crippen LogP contribution >= 0.6 is 0 Å². The van der Waals surface area contributed by atoms with Crippen molar-refractivity contribution in [1.82, 2.24) is 5.32 Å². The first-order valence-electron chi connectivity index (χ1n) is 7.95. The van der Waals surface area contributed by atoms with Gasteiger partial charge in [0, 0.05) is 6.54 Å². The molecule has 0 saturated carbocycles. The first-order chi connectivity index (χ1) is 11.3. The molecule has 6 heteroatoms. The zero-order valence-corrected chi connectivity index (χ0v) is 15.0. The topological polar surface area (TPSA) is 76.4 Å². The number of aryl methyl sites for hydroxylation is 1. The van der Waals surface area contributed by atoms with Gasteiger partial charge in [0.05, 0.1) is 4.90 Å². The van der Waals surface area contributed by atoms with Crippen molar-refractivity contribution in [3.05, 3.63) is 53.5 Å². The van der Waals surface area contributed by atoms with Crippen molar-refractivity contribution in [3.8, 4) is 0 Å². The number of carbonyl (C=O) groups is 1. The van der Waals surface area contributed by atoms with Gasteiger partial charge < -0.3 is 9.73 Å². The summed E-state index contributed by atoms with van der Waals surface area (Å²) in [5, 5.41) is 2.77. The normalized spacial score (nSPS) is 11.7. The van der Waals surface area contributed by atoms with E-state index in [4.69, 9.17) is 4.42 Å². The summed E-state index contributed by atoms with van der Waals surface area (Å²) in [4.78, 5) is 12.3. The molecule has 0 aliphatic heterocycles. The second kappa shape index (κ2) is 7.66. The molecular formula is C18H23NO4S. The molecule has 1 aromatic heterocycles. The molecule has 0 aliphatic rings. The summed E-state index contributed by atoms with van der Waals surface area (Å²) in [5.41, 5.74) is 0.690. The van der Waals surface area contributed by atoms with E-state index in [0.717, 1.165) is 6.42 Å². The molecule has 5 nitrogen and oxygen atoms in total. The van der Waals surface area contributed by atoms with Crippen LogP contribution in [0.1, 0.15) is 42.1 Å². The minimum Gasteiger partial charge on any atom is -0.455 e. The Morgan fingerprint density at radius 2 is 1.88 bits per heavy atom. The highest BCUT2D eigenvalue weighted by atomic mass is 32.2. The van der Waals surface area contributed by atoms with Crippen LogP contribution in [0.3, 0.4) is 0 Å². The summed E-state index contributed by atoms with van der Waals surface area (Å²) in [7, 11) is -3.51. The first kappa shape index (κ1) is 18.3. The van der Waals surface area contributed by atoms with Gasteiger partial charge in [-0.25, -0.2) is 8.42 Å². The van der Waals surface area contributed by atoms with Gasteiger partial charge in [0.15, 0.2) is 15.6 Å². The van der Waals surface area contributed by atoms with E-state index in [2.05, 4.69) is 19.2 Å². The molecule has 0 spiro atoms. The first-order valence-corrected chi connectivity index (χ1v) is 9.60. The van der Waals surface area contributed by atoms with Crippen molar-refractivity contribution in [2.24, 2.45) is 5.92 Å². The molecule has 1 amide bonds. The van der Waals surface area contributed by atoms with Gasteiger partial charge in [-0.2, -0.15) is 0 Å². The Bertz CT molecular complexity index is 806. The molecule has 0 unspecified atom stereocenters. The smallest absolute Gasteiger partial charge is 0.286 e. The largest absolute Gasteiger partial charge is 0.455 e. The summed E-state index contributed by atoms with van der Waals surface area (Å²) in [6.45, 7) is 6.47. The minimum atomic E-state index is -3.51. The molecule has 0 aliphatic carbocycles. The van der Waals surface area contributed by atoms with E-state index >= 15 is 0 Å². The van der Waals surface area contributed by atoms with Gasteiger partial charge in [0.2, 0.25) is 0 Å². The maximum absolute atomic E-state index is 12.5. The highest BCUT2D eigenvalue weighted by Crippen LogP contribution is 2.21. The van der Waals surface area contributed by atoms with Crippen LogP contribution in [-0.2, 0) is 15.6 Å². The van der Waals surface area contributed by atoms with E-state index < -0.39 is 9.84 Å². The van der Waals surface area contributed by atoms with Crippen molar-refractivity contribution < 1.29 is 17.6 Å². The number of nitrogens with one attached hydrogen (secondary N) is 1. The van der Waals surface area contributed by atoms with Crippen molar-refractivity contribution in [1.29, 1.82) is 0 Å². The molecule has 0 radical (unpaired) electrons. The third-order valence-electron chi connectivity index (χ3n) is 3.65. The SMILES string of the molecule is Cc1ccccc1S(=O)(=O)Cc1ccc(C(=O)NCCC(C)C)o1. The van der Waals surface area contributed by atoms with Gasteiger partial charge in [-0.3, -0.25) is 4.79 Å². The highest BCUT2D eigenvalue weighted by molar-refractivity contribution is 7.90. The molecule has 0 bridgehead atoms. The number of sulfone groups is 1. The Morgan fingerprint density at radius 3 is 2.54 bits per heavy atom. The molecule has 1 aromatic carbocycles. The monoisotopic (exact) mass is 349 g/mol. The molecule has 2 rings (SSSR count). The fourth-order valence-corrected chi connectivity index (χ4v) is 3.84. The van der Waals surface area contributed by atoms with Crippen molar-refractivity contribution in [2.75, 3.05) is 6.54 Å². The quantitative estimate of drug-likeness (QED) is 0.832. The number of benzene rings is 1. The fourth-order valence-electron chi connectivity index (χ4n) is 2.31.